The quantitative estimate of drug-likeness (QED) is 0.572. The maximum Gasteiger partial charge on any atom is 0.265 e. The minimum atomic E-state index is -2.90. The van der Waals surface area contributed by atoms with Crippen LogP contribution in [-0.2, 0) is 14.3 Å². The van der Waals surface area contributed by atoms with Gasteiger partial charge in [0.05, 0.1) is 15.8 Å². The molecule has 1 fully saturated rings. The maximum atomic E-state index is 13.6. The van der Waals surface area contributed by atoms with E-state index in [4.69, 9.17) is 22.1 Å². The number of benzene rings is 1. The van der Waals surface area contributed by atoms with Crippen molar-refractivity contribution < 1.29 is 27.9 Å². The molecule has 1 aliphatic rings. The number of hydrogen-bond donors (Lipinski definition) is 3. The number of halogens is 3. The molecular formula is C19H19ClF2N4O4S. The van der Waals surface area contributed by atoms with Crippen molar-refractivity contribution in [3.05, 3.63) is 45.1 Å². The van der Waals surface area contributed by atoms with Gasteiger partial charge in [0.25, 0.3) is 18.2 Å². The second kappa shape index (κ2) is 10.1. The molecule has 0 bridgehead atoms. The van der Waals surface area contributed by atoms with Gasteiger partial charge in [-0.05, 0) is 30.3 Å². The second-order valence-corrected chi connectivity index (χ2v) is 8.29. The Balaban J connectivity index is 1.65. The molecular weight excluding hydrogens is 454 g/mol. The van der Waals surface area contributed by atoms with E-state index in [1.807, 2.05) is 0 Å². The number of carbonyl (C=O) groups excluding carboxylic acids is 3. The third-order valence-electron chi connectivity index (χ3n) is 4.44. The predicted molar refractivity (Wildman–Crippen MR) is 113 cm³/mol. The lowest BCUT2D eigenvalue weighted by molar-refractivity contribution is -0.125. The van der Waals surface area contributed by atoms with Crippen LogP contribution in [0.1, 0.15) is 21.7 Å². The number of amides is 3. The molecule has 3 rings (SSSR count). The molecule has 166 valence electrons. The van der Waals surface area contributed by atoms with Crippen molar-refractivity contribution in [2.24, 2.45) is 5.73 Å². The number of carbonyl (C=O) groups is 3. The summed E-state index contributed by atoms with van der Waals surface area (Å²) in [5, 5.41) is 4.85. The number of ether oxygens (including phenoxy) is 1. The molecule has 3 amide bonds. The van der Waals surface area contributed by atoms with E-state index in [9.17, 15) is 23.2 Å². The zero-order chi connectivity index (χ0) is 22.5. The summed E-state index contributed by atoms with van der Waals surface area (Å²) in [7, 11) is 0. The molecule has 31 heavy (non-hydrogen) atoms. The van der Waals surface area contributed by atoms with E-state index in [1.54, 1.807) is 6.07 Å². The monoisotopic (exact) mass is 472 g/mol. The van der Waals surface area contributed by atoms with Gasteiger partial charge in [0.15, 0.2) is 0 Å². The molecule has 1 atom stereocenters. The van der Waals surface area contributed by atoms with Crippen LogP contribution in [0.25, 0.3) is 0 Å². The number of morpholine rings is 1. The lowest BCUT2D eigenvalue weighted by atomic mass is 10.1. The van der Waals surface area contributed by atoms with Crippen LogP contribution in [0.3, 0.4) is 0 Å². The molecule has 1 saturated heterocycles. The minimum Gasteiger partial charge on any atom is -0.370 e. The third-order valence-corrected chi connectivity index (χ3v) is 5.67. The SMILES string of the molecule is N[C@H](CNC(=O)c1ccc(Cl)s1)C(=O)Nc1ccc(N2CCOCC2=O)cc1C(F)F. The normalized spacial score (nSPS) is 15.1. The molecule has 0 saturated carbocycles. The van der Waals surface area contributed by atoms with Gasteiger partial charge in [-0.1, -0.05) is 11.6 Å². The van der Waals surface area contributed by atoms with Crippen LogP contribution in [0.2, 0.25) is 4.34 Å². The summed E-state index contributed by atoms with van der Waals surface area (Å²) in [6.07, 6.45) is -2.90. The number of rotatable bonds is 7. The summed E-state index contributed by atoms with van der Waals surface area (Å²) in [5.41, 5.74) is 5.49. The largest absolute Gasteiger partial charge is 0.370 e. The van der Waals surface area contributed by atoms with Gasteiger partial charge in [-0.25, -0.2) is 8.78 Å². The Bertz CT molecular complexity index is 988. The smallest absolute Gasteiger partial charge is 0.265 e. The molecule has 4 N–H and O–H groups in total. The summed E-state index contributed by atoms with van der Waals surface area (Å²) in [6, 6.07) is 5.81. The summed E-state index contributed by atoms with van der Waals surface area (Å²) < 4.78 is 32.7. The van der Waals surface area contributed by atoms with E-state index in [0.29, 0.717) is 15.8 Å². The Kier molecular flexibility index (Phi) is 7.55. The van der Waals surface area contributed by atoms with Crippen LogP contribution in [-0.4, -0.2) is 50.1 Å². The topological polar surface area (TPSA) is 114 Å². The first-order valence-electron chi connectivity index (χ1n) is 9.16. The van der Waals surface area contributed by atoms with E-state index < -0.39 is 29.8 Å². The number of nitrogens with one attached hydrogen (secondary N) is 2. The highest BCUT2D eigenvalue weighted by atomic mass is 35.5. The van der Waals surface area contributed by atoms with Gasteiger partial charge in [-0.15, -0.1) is 11.3 Å². The van der Waals surface area contributed by atoms with Gasteiger partial charge in [-0.3, -0.25) is 14.4 Å². The van der Waals surface area contributed by atoms with Crippen LogP contribution < -0.4 is 21.3 Å². The fourth-order valence-electron chi connectivity index (χ4n) is 2.85. The molecule has 0 aliphatic carbocycles. The Morgan fingerprint density at radius 2 is 2.06 bits per heavy atom. The Labute approximate surface area is 185 Å². The van der Waals surface area contributed by atoms with Crippen LogP contribution in [0, 0.1) is 0 Å². The number of thiophene rings is 1. The summed E-state index contributed by atoms with van der Waals surface area (Å²) in [6.45, 7) is 0.213. The molecule has 12 heteroatoms. The highest BCUT2D eigenvalue weighted by molar-refractivity contribution is 7.18. The van der Waals surface area contributed by atoms with E-state index >= 15 is 0 Å². The number of hydrogen-bond acceptors (Lipinski definition) is 6. The number of alkyl halides is 2. The van der Waals surface area contributed by atoms with Gasteiger partial charge in [0.1, 0.15) is 12.6 Å². The first kappa shape index (κ1) is 23.1. The number of nitrogens with zero attached hydrogens (tertiary/aromatic N) is 1. The summed E-state index contributed by atoms with van der Waals surface area (Å²) in [4.78, 5) is 38.0. The maximum absolute atomic E-state index is 13.6. The summed E-state index contributed by atoms with van der Waals surface area (Å²) in [5.74, 6) is -1.54. The fourth-order valence-corrected chi connectivity index (χ4v) is 3.81. The first-order chi connectivity index (χ1) is 14.8. The Hall–Kier alpha value is -2.60. The molecule has 2 aromatic rings. The van der Waals surface area contributed by atoms with Gasteiger partial charge in [0.2, 0.25) is 5.91 Å². The first-order valence-corrected chi connectivity index (χ1v) is 10.4. The average Bonchev–Trinajstić information content (AvgIpc) is 3.18. The Morgan fingerprint density at radius 3 is 2.71 bits per heavy atom. The predicted octanol–water partition coefficient (Wildman–Crippen LogP) is 2.40. The molecule has 0 spiro atoms. The van der Waals surface area contributed by atoms with Crippen molar-refractivity contribution in [3.63, 3.8) is 0 Å². The zero-order valence-corrected chi connectivity index (χ0v) is 17.6. The molecule has 0 radical (unpaired) electrons. The molecule has 0 unspecified atom stereocenters. The van der Waals surface area contributed by atoms with Gasteiger partial charge < -0.3 is 26.0 Å². The number of anilines is 2. The van der Waals surface area contributed by atoms with E-state index in [-0.39, 0.29) is 37.0 Å². The standard InChI is InChI=1S/C19H19ClF2N4O4S/c20-15-4-3-14(31-15)19(29)24-8-12(23)18(28)25-13-2-1-10(7-11(13)17(21)22)26-5-6-30-9-16(26)27/h1-4,7,12,17H,5-6,8-9,23H2,(H,24,29)(H,25,28)/t12-/m1/s1. The van der Waals surface area contributed by atoms with Crippen molar-refractivity contribution in [2.75, 3.05) is 36.5 Å². The fraction of sp³-hybridized carbons (Fsp3) is 0.316. The molecule has 1 aromatic carbocycles. The minimum absolute atomic E-state index is 0.124. The average molecular weight is 473 g/mol. The lowest BCUT2D eigenvalue weighted by Gasteiger charge is -2.27. The van der Waals surface area contributed by atoms with Crippen molar-refractivity contribution >= 4 is 52.0 Å². The highest BCUT2D eigenvalue weighted by Crippen LogP contribution is 2.32. The molecule has 1 aromatic heterocycles. The number of nitrogens with two attached hydrogens (primary N) is 1. The third kappa shape index (κ3) is 5.76. The second-order valence-electron chi connectivity index (χ2n) is 6.58. The molecule has 8 nitrogen and oxygen atoms in total. The van der Waals surface area contributed by atoms with Gasteiger partial charge in [0, 0.05) is 30.0 Å². The highest BCUT2D eigenvalue weighted by Gasteiger charge is 2.24. The van der Waals surface area contributed by atoms with E-state index in [1.165, 1.54) is 23.1 Å². The lowest BCUT2D eigenvalue weighted by Crippen LogP contribution is -2.45. The van der Waals surface area contributed by atoms with Crippen molar-refractivity contribution in [2.45, 2.75) is 12.5 Å². The van der Waals surface area contributed by atoms with Gasteiger partial charge >= 0.3 is 0 Å². The van der Waals surface area contributed by atoms with Crippen LogP contribution >= 0.6 is 22.9 Å². The van der Waals surface area contributed by atoms with Crippen LogP contribution in [0.5, 0.6) is 0 Å². The van der Waals surface area contributed by atoms with Crippen molar-refractivity contribution in [3.8, 4) is 0 Å². The zero-order valence-electron chi connectivity index (χ0n) is 16.1. The van der Waals surface area contributed by atoms with E-state index in [0.717, 1.165) is 17.4 Å². The Morgan fingerprint density at radius 1 is 1.29 bits per heavy atom. The molecule has 2 heterocycles. The van der Waals surface area contributed by atoms with Crippen molar-refractivity contribution in [1.29, 1.82) is 0 Å². The van der Waals surface area contributed by atoms with Crippen LogP contribution in [0.15, 0.2) is 30.3 Å². The van der Waals surface area contributed by atoms with Crippen molar-refractivity contribution in [1.82, 2.24) is 5.32 Å². The van der Waals surface area contributed by atoms with Crippen LogP contribution in [0.4, 0.5) is 20.2 Å². The van der Waals surface area contributed by atoms with E-state index in [2.05, 4.69) is 10.6 Å². The molecule has 1 aliphatic heterocycles. The van der Waals surface area contributed by atoms with Gasteiger partial charge in [-0.2, -0.15) is 0 Å². The summed E-state index contributed by atoms with van der Waals surface area (Å²) >= 11 is 6.85.